The Hall–Kier alpha value is -2.89. The lowest BCUT2D eigenvalue weighted by atomic mass is 10.1. The highest BCUT2D eigenvalue weighted by atomic mass is 16.5. The summed E-state index contributed by atoms with van der Waals surface area (Å²) in [5.74, 6) is 1.39. The highest BCUT2D eigenvalue weighted by Gasteiger charge is 2.10. The molecule has 0 radical (unpaired) electrons. The summed E-state index contributed by atoms with van der Waals surface area (Å²) in [6, 6.07) is 8.96. The van der Waals surface area contributed by atoms with Crippen molar-refractivity contribution < 1.29 is 9.47 Å². The summed E-state index contributed by atoms with van der Waals surface area (Å²) in [6.07, 6.45) is 1.52. The molecule has 1 aromatic carbocycles. The minimum atomic E-state index is -0.260. The Bertz CT molecular complexity index is 858. The molecule has 0 aliphatic carbocycles. The molecule has 0 saturated heterocycles. The normalized spacial score (nSPS) is 10.6. The van der Waals surface area contributed by atoms with Crippen LogP contribution in [0.15, 0.2) is 41.3 Å². The van der Waals surface area contributed by atoms with Crippen LogP contribution in [0, 0.1) is 0 Å². The molecule has 0 aliphatic rings. The third-order valence-corrected chi connectivity index (χ3v) is 3.20. The maximum atomic E-state index is 11.6. The molecule has 21 heavy (non-hydrogen) atoms. The van der Waals surface area contributed by atoms with E-state index >= 15 is 0 Å². The number of hydrogen-bond acceptors (Lipinski definition) is 5. The summed E-state index contributed by atoms with van der Waals surface area (Å²) in [4.78, 5) is 16.1. The predicted molar refractivity (Wildman–Crippen MR) is 78.7 cm³/mol. The zero-order valence-electron chi connectivity index (χ0n) is 11.6. The van der Waals surface area contributed by atoms with E-state index in [-0.39, 0.29) is 5.56 Å². The van der Waals surface area contributed by atoms with Crippen LogP contribution in [0.1, 0.15) is 0 Å². The van der Waals surface area contributed by atoms with E-state index in [0.29, 0.717) is 28.1 Å². The van der Waals surface area contributed by atoms with Crippen LogP contribution in [-0.4, -0.2) is 29.4 Å². The van der Waals surface area contributed by atoms with Crippen molar-refractivity contribution in [3.63, 3.8) is 0 Å². The second-order valence-electron chi connectivity index (χ2n) is 4.39. The number of rotatable bonds is 3. The fourth-order valence-corrected chi connectivity index (χ4v) is 2.14. The number of ether oxygens (including phenoxy) is 2. The van der Waals surface area contributed by atoms with E-state index in [4.69, 9.17) is 9.47 Å². The zero-order valence-corrected chi connectivity index (χ0v) is 11.6. The van der Waals surface area contributed by atoms with Gasteiger partial charge in [0.15, 0.2) is 0 Å². The van der Waals surface area contributed by atoms with E-state index in [1.54, 1.807) is 26.4 Å². The van der Waals surface area contributed by atoms with Gasteiger partial charge < -0.3 is 9.47 Å². The van der Waals surface area contributed by atoms with Gasteiger partial charge in [-0.15, -0.1) is 0 Å². The number of fused-ring (bicyclic) bond motifs is 1. The second-order valence-corrected chi connectivity index (χ2v) is 4.39. The van der Waals surface area contributed by atoms with Crippen molar-refractivity contribution in [1.82, 2.24) is 15.2 Å². The topological polar surface area (TPSA) is 77.1 Å². The number of aromatic nitrogens is 3. The molecule has 6 heteroatoms. The van der Waals surface area contributed by atoms with E-state index in [1.165, 1.54) is 6.20 Å². The summed E-state index contributed by atoms with van der Waals surface area (Å²) < 4.78 is 10.6. The van der Waals surface area contributed by atoms with Crippen molar-refractivity contribution in [2.24, 2.45) is 0 Å². The molecule has 0 bridgehead atoms. The molecule has 3 rings (SSSR count). The number of hydrogen-bond donors (Lipinski definition) is 1. The first kappa shape index (κ1) is 13.1. The van der Waals surface area contributed by atoms with Gasteiger partial charge in [0.2, 0.25) is 0 Å². The van der Waals surface area contributed by atoms with Gasteiger partial charge >= 0.3 is 0 Å². The van der Waals surface area contributed by atoms with Crippen LogP contribution in [-0.2, 0) is 0 Å². The first-order valence-electron chi connectivity index (χ1n) is 6.30. The highest BCUT2D eigenvalue weighted by Crippen LogP contribution is 2.32. The Morgan fingerprint density at radius 1 is 1.10 bits per heavy atom. The van der Waals surface area contributed by atoms with Gasteiger partial charge in [0.1, 0.15) is 11.5 Å². The third kappa shape index (κ3) is 2.31. The lowest BCUT2D eigenvalue weighted by Crippen LogP contribution is -2.08. The average Bonchev–Trinajstić information content (AvgIpc) is 2.54. The number of H-pyrrole nitrogens is 1. The van der Waals surface area contributed by atoms with E-state index in [2.05, 4.69) is 15.2 Å². The Labute approximate surface area is 120 Å². The summed E-state index contributed by atoms with van der Waals surface area (Å²) in [5.41, 5.74) is 1.75. The van der Waals surface area contributed by atoms with Crippen LogP contribution in [0.25, 0.3) is 22.2 Å². The number of pyridine rings is 1. The van der Waals surface area contributed by atoms with E-state index in [1.807, 2.05) is 18.2 Å². The van der Waals surface area contributed by atoms with Crippen LogP contribution in [0.4, 0.5) is 0 Å². The quantitative estimate of drug-likeness (QED) is 0.795. The molecule has 3 aromatic rings. The van der Waals surface area contributed by atoms with Crippen molar-refractivity contribution in [3.05, 3.63) is 46.9 Å². The van der Waals surface area contributed by atoms with Crippen LogP contribution in [0.3, 0.4) is 0 Å². The molecule has 0 spiro atoms. The summed E-state index contributed by atoms with van der Waals surface area (Å²) in [6.45, 7) is 0. The molecule has 0 fully saturated rings. The average molecular weight is 283 g/mol. The summed E-state index contributed by atoms with van der Waals surface area (Å²) >= 11 is 0. The minimum absolute atomic E-state index is 0.260. The molecule has 106 valence electrons. The molecule has 0 aliphatic heterocycles. The van der Waals surface area contributed by atoms with Crippen LogP contribution < -0.4 is 15.0 Å². The zero-order chi connectivity index (χ0) is 14.8. The van der Waals surface area contributed by atoms with Crippen molar-refractivity contribution in [2.75, 3.05) is 14.2 Å². The van der Waals surface area contributed by atoms with E-state index in [0.717, 1.165) is 5.56 Å². The fraction of sp³-hybridized carbons (Fsp3) is 0.133. The smallest absolute Gasteiger partial charge is 0.273 e. The second kappa shape index (κ2) is 5.24. The maximum Gasteiger partial charge on any atom is 0.273 e. The lowest BCUT2D eigenvalue weighted by Gasteiger charge is -2.10. The first-order chi connectivity index (χ1) is 10.2. The Kier molecular flexibility index (Phi) is 3.27. The van der Waals surface area contributed by atoms with Crippen molar-refractivity contribution >= 4 is 10.9 Å². The van der Waals surface area contributed by atoms with Gasteiger partial charge in [-0.05, 0) is 30.3 Å². The summed E-state index contributed by atoms with van der Waals surface area (Å²) in [5, 5.41) is 6.65. The lowest BCUT2D eigenvalue weighted by molar-refractivity contribution is 0.404. The van der Waals surface area contributed by atoms with Gasteiger partial charge in [-0.1, -0.05) is 0 Å². The monoisotopic (exact) mass is 283 g/mol. The number of nitrogens with zero attached hydrogens (tertiary/aromatic N) is 2. The van der Waals surface area contributed by atoms with E-state index < -0.39 is 0 Å². The molecule has 1 N–H and O–H groups in total. The molecular formula is C15H13N3O3. The minimum Gasteiger partial charge on any atom is -0.497 e. The maximum absolute atomic E-state index is 11.6. The van der Waals surface area contributed by atoms with Crippen LogP contribution in [0.5, 0.6) is 11.5 Å². The largest absolute Gasteiger partial charge is 0.497 e. The van der Waals surface area contributed by atoms with Gasteiger partial charge in [0, 0.05) is 5.56 Å². The Morgan fingerprint density at radius 2 is 1.95 bits per heavy atom. The first-order valence-corrected chi connectivity index (χ1v) is 6.30. The Morgan fingerprint density at radius 3 is 2.71 bits per heavy atom. The van der Waals surface area contributed by atoms with Crippen LogP contribution >= 0.6 is 0 Å². The van der Waals surface area contributed by atoms with E-state index in [9.17, 15) is 4.79 Å². The van der Waals surface area contributed by atoms with Crippen molar-refractivity contribution in [1.29, 1.82) is 0 Å². The SMILES string of the molecule is COc1ccc(OC)c(-c2ccc3c(=O)[nH]ncc3n2)c1. The molecule has 0 saturated carbocycles. The molecule has 2 aromatic heterocycles. The van der Waals surface area contributed by atoms with Gasteiger partial charge in [0.25, 0.3) is 5.56 Å². The van der Waals surface area contributed by atoms with Gasteiger partial charge in [-0.25, -0.2) is 10.1 Å². The molecule has 0 atom stereocenters. The van der Waals surface area contributed by atoms with Gasteiger partial charge in [-0.2, -0.15) is 5.10 Å². The van der Waals surface area contributed by atoms with Gasteiger partial charge in [-0.3, -0.25) is 4.79 Å². The molecule has 6 nitrogen and oxygen atoms in total. The van der Waals surface area contributed by atoms with Crippen LogP contribution in [0.2, 0.25) is 0 Å². The number of aromatic amines is 1. The molecule has 2 heterocycles. The summed E-state index contributed by atoms with van der Waals surface area (Å²) in [7, 11) is 3.20. The predicted octanol–water partition coefficient (Wildman–Crippen LogP) is 2.00. The van der Waals surface area contributed by atoms with Crippen molar-refractivity contribution in [2.45, 2.75) is 0 Å². The Balaban J connectivity index is 2.22. The standard InChI is InChI=1S/C15H13N3O3/c1-20-9-3-6-14(21-2)11(7-9)12-5-4-10-13(17-12)8-16-18-15(10)19/h3-8H,1-2H3,(H,18,19). The number of methoxy groups -OCH3 is 2. The molecular weight excluding hydrogens is 270 g/mol. The van der Waals surface area contributed by atoms with Crippen molar-refractivity contribution in [3.8, 4) is 22.8 Å². The third-order valence-electron chi connectivity index (χ3n) is 3.20. The fourth-order valence-electron chi connectivity index (χ4n) is 2.14. The highest BCUT2D eigenvalue weighted by molar-refractivity contribution is 5.81. The van der Waals surface area contributed by atoms with Gasteiger partial charge in [0.05, 0.1) is 37.0 Å². The molecule has 0 amide bonds. The molecule has 0 unspecified atom stereocenters. The number of benzene rings is 1. The number of nitrogens with one attached hydrogen (secondary N) is 1.